The molecule has 0 saturated carbocycles. The summed E-state index contributed by atoms with van der Waals surface area (Å²) >= 11 is 5.95. The molecule has 0 fully saturated rings. The Morgan fingerprint density at radius 2 is 1.85 bits per heavy atom. The molecule has 1 N–H and O–H groups in total. The Labute approximate surface area is 161 Å². The van der Waals surface area contributed by atoms with Crippen molar-refractivity contribution >= 4 is 17.4 Å². The van der Waals surface area contributed by atoms with Crippen LogP contribution in [0.1, 0.15) is 23.8 Å². The van der Waals surface area contributed by atoms with Crippen LogP contribution >= 0.6 is 11.6 Å². The number of nitrogens with zero attached hydrogens (tertiary/aromatic N) is 2. The number of rotatable bonds is 6. The van der Waals surface area contributed by atoms with E-state index in [1.807, 2.05) is 0 Å². The minimum Gasteiger partial charge on any atom is -0.396 e. The molecule has 3 aromatic rings. The van der Waals surface area contributed by atoms with Crippen molar-refractivity contribution in [2.24, 2.45) is 5.92 Å². The van der Waals surface area contributed by atoms with Crippen LogP contribution in [0.25, 0.3) is 22.6 Å². The number of hydrogen-bond acceptors (Lipinski definition) is 4. The first-order valence-electron chi connectivity index (χ1n) is 8.51. The Bertz CT molecular complexity index is 961. The van der Waals surface area contributed by atoms with Gasteiger partial charge in [0.2, 0.25) is 0 Å². The highest BCUT2D eigenvalue weighted by atomic mass is 35.5. The predicted molar refractivity (Wildman–Crippen MR) is 103 cm³/mol. The topological polar surface area (TPSA) is 63.1 Å². The second-order valence-corrected chi connectivity index (χ2v) is 6.83. The maximum atomic E-state index is 13.6. The lowest BCUT2D eigenvalue weighted by atomic mass is 10.0. The number of carbonyl (C=O) groups is 1. The van der Waals surface area contributed by atoms with Crippen LogP contribution in [0.4, 0.5) is 4.39 Å². The molecule has 0 radical (unpaired) electrons. The lowest BCUT2D eigenvalue weighted by Gasteiger charge is -2.10. The first-order valence-corrected chi connectivity index (χ1v) is 8.89. The molecule has 1 heterocycles. The molecule has 0 saturated heterocycles. The average Bonchev–Trinajstić information content (AvgIpc) is 2.68. The number of benzene rings is 2. The van der Waals surface area contributed by atoms with Crippen molar-refractivity contribution in [1.82, 2.24) is 9.97 Å². The number of hydrogen-bond donors (Lipinski definition) is 1. The van der Waals surface area contributed by atoms with Gasteiger partial charge in [0, 0.05) is 29.2 Å². The van der Waals surface area contributed by atoms with E-state index >= 15 is 0 Å². The summed E-state index contributed by atoms with van der Waals surface area (Å²) in [5, 5.41) is 9.80. The maximum absolute atomic E-state index is 13.6. The van der Waals surface area contributed by atoms with Gasteiger partial charge in [0.15, 0.2) is 11.6 Å². The second kappa shape index (κ2) is 8.37. The summed E-state index contributed by atoms with van der Waals surface area (Å²) in [6.45, 7) is 1.70. The van der Waals surface area contributed by atoms with Gasteiger partial charge in [0.05, 0.1) is 5.69 Å². The lowest BCUT2D eigenvalue weighted by Crippen LogP contribution is -2.12. The van der Waals surface area contributed by atoms with E-state index in [1.54, 1.807) is 49.4 Å². The fourth-order valence-electron chi connectivity index (χ4n) is 2.60. The molecule has 0 aliphatic carbocycles. The van der Waals surface area contributed by atoms with E-state index in [9.17, 15) is 14.3 Å². The number of ketones is 1. The molecule has 27 heavy (non-hydrogen) atoms. The molecule has 6 heteroatoms. The molecule has 0 amide bonds. The van der Waals surface area contributed by atoms with Crippen LogP contribution in [0.2, 0.25) is 5.02 Å². The fraction of sp³-hybridized carbons (Fsp3) is 0.190. The number of aliphatic hydroxyl groups is 1. The van der Waals surface area contributed by atoms with Crippen molar-refractivity contribution in [1.29, 1.82) is 0 Å². The summed E-state index contributed by atoms with van der Waals surface area (Å²) in [5.41, 5.74) is 2.02. The quantitative estimate of drug-likeness (QED) is 0.620. The molecule has 4 nitrogen and oxygen atoms in total. The Morgan fingerprint density at radius 3 is 2.52 bits per heavy atom. The van der Waals surface area contributed by atoms with Crippen molar-refractivity contribution in [2.45, 2.75) is 13.3 Å². The summed E-state index contributed by atoms with van der Waals surface area (Å²) in [6.07, 6.45) is 0.163. The Kier molecular flexibility index (Phi) is 5.94. The summed E-state index contributed by atoms with van der Waals surface area (Å²) in [7, 11) is 0. The van der Waals surface area contributed by atoms with Crippen LogP contribution in [-0.4, -0.2) is 27.5 Å². The zero-order chi connectivity index (χ0) is 19.4. The summed E-state index contributed by atoms with van der Waals surface area (Å²) in [4.78, 5) is 21.4. The van der Waals surface area contributed by atoms with Gasteiger partial charge in [0.25, 0.3) is 0 Å². The third-order valence-electron chi connectivity index (χ3n) is 4.08. The van der Waals surface area contributed by atoms with Gasteiger partial charge in [-0.2, -0.15) is 0 Å². The van der Waals surface area contributed by atoms with Gasteiger partial charge in [-0.25, -0.2) is 14.4 Å². The van der Waals surface area contributed by atoms with Gasteiger partial charge in [0.1, 0.15) is 11.5 Å². The number of aliphatic hydroxyl groups excluding tert-OH is 1. The molecular weight excluding hydrogens is 367 g/mol. The van der Waals surface area contributed by atoms with E-state index < -0.39 is 5.82 Å². The molecule has 3 rings (SSSR count). The van der Waals surface area contributed by atoms with Crippen molar-refractivity contribution < 1.29 is 14.3 Å². The average molecular weight is 385 g/mol. The fourth-order valence-corrected chi connectivity index (χ4v) is 2.73. The molecule has 2 aromatic carbocycles. The highest BCUT2D eigenvalue weighted by Gasteiger charge is 2.16. The molecule has 1 aromatic heterocycles. The highest BCUT2D eigenvalue weighted by Crippen LogP contribution is 2.25. The van der Waals surface area contributed by atoms with Crippen LogP contribution in [-0.2, 0) is 0 Å². The smallest absolute Gasteiger partial charge is 0.181 e. The number of Topliss-reactive ketones (excluding diaryl/α,β-unsaturated/α-hetero) is 1. The van der Waals surface area contributed by atoms with E-state index in [0.717, 1.165) is 5.56 Å². The third-order valence-corrected chi connectivity index (χ3v) is 4.33. The maximum Gasteiger partial charge on any atom is 0.181 e. The monoisotopic (exact) mass is 384 g/mol. The number of aromatic nitrogens is 2. The van der Waals surface area contributed by atoms with E-state index in [0.29, 0.717) is 16.3 Å². The minimum atomic E-state index is -0.408. The van der Waals surface area contributed by atoms with E-state index in [1.165, 1.54) is 12.1 Å². The molecule has 1 atom stereocenters. The Hall–Kier alpha value is -2.63. The van der Waals surface area contributed by atoms with E-state index in [-0.39, 0.29) is 36.2 Å². The van der Waals surface area contributed by atoms with E-state index in [2.05, 4.69) is 9.97 Å². The minimum absolute atomic E-state index is 0.0857. The summed E-state index contributed by atoms with van der Waals surface area (Å²) in [6, 6.07) is 14.6. The van der Waals surface area contributed by atoms with Crippen molar-refractivity contribution in [3.8, 4) is 22.6 Å². The van der Waals surface area contributed by atoms with Gasteiger partial charge in [-0.15, -0.1) is 0 Å². The summed E-state index contributed by atoms with van der Waals surface area (Å²) < 4.78 is 13.6. The normalized spacial score (nSPS) is 12.0. The Balaban J connectivity index is 2.10. The van der Waals surface area contributed by atoms with Gasteiger partial charge < -0.3 is 5.11 Å². The second-order valence-electron chi connectivity index (χ2n) is 6.39. The van der Waals surface area contributed by atoms with Gasteiger partial charge in [-0.1, -0.05) is 42.8 Å². The van der Waals surface area contributed by atoms with E-state index in [4.69, 9.17) is 11.6 Å². The number of halogens is 2. The van der Waals surface area contributed by atoms with Gasteiger partial charge >= 0.3 is 0 Å². The molecule has 138 valence electrons. The van der Waals surface area contributed by atoms with Gasteiger partial charge in [-0.05, 0) is 36.2 Å². The lowest BCUT2D eigenvalue weighted by molar-refractivity contribution is 0.0938. The molecule has 0 aliphatic rings. The third kappa shape index (κ3) is 4.76. The molecule has 0 aliphatic heterocycles. The van der Waals surface area contributed by atoms with Crippen molar-refractivity contribution in [3.05, 3.63) is 71.1 Å². The zero-order valence-electron chi connectivity index (χ0n) is 14.7. The first kappa shape index (κ1) is 19.1. The van der Waals surface area contributed by atoms with Crippen molar-refractivity contribution in [3.63, 3.8) is 0 Å². The standard InChI is InChI=1S/C21H18ClFN2O2/c1-13(12-26)9-20(27)19-11-18(14-5-7-16(22)8-6-14)24-21(25-19)15-3-2-4-17(23)10-15/h2-8,10-11,13,26H,9,12H2,1H3/t13-/m0/s1. The Morgan fingerprint density at radius 1 is 1.11 bits per heavy atom. The van der Waals surface area contributed by atoms with Crippen LogP contribution in [0.3, 0.4) is 0 Å². The highest BCUT2D eigenvalue weighted by molar-refractivity contribution is 6.30. The number of carbonyl (C=O) groups excluding carboxylic acids is 1. The largest absolute Gasteiger partial charge is 0.396 e. The van der Waals surface area contributed by atoms with Crippen molar-refractivity contribution in [2.75, 3.05) is 6.61 Å². The molecular formula is C21H18ClFN2O2. The molecule has 0 unspecified atom stereocenters. The van der Waals surface area contributed by atoms with Crippen LogP contribution in [0.15, 0.2) is 54.6 Å². The zero-order valence-corrected chi connectivity index (χ0v) is 15.4. The van der Waals surface area contributed by atoms with Gasteiger partial charge in [-0.3, -0.25) is 4.79 Å². The molecule has 0 bridgehead atoms. The van der Waals surface area contributed by atoms with Crippen LogP contribution in [0, 0.1) is 11.7 Å². The predicted octanol–water partition coefficient (Wildman–Crippen LogP) is 4.80. The van der Waals surface area contributed by atoms with Crippen LogP contribution < -0.4 is 0 Å². The SMILES string of the molecule is C[C@H](CO)CC(=O)c1cc(-c2ccc(Cl)cc2)nc(-c2cccc(F)c2)n1. The first-order chi connectivity index (χ1) is 13.0. The molecule has 0 spiro atoms. The van der Waals surface area contributed by atoms with Crippen LogP contribution in [0.5, 0.6) is 0 Å². The summed E-state index contributed by atoms with van der Waals surface area (Å²) in [5.74, 6) is -0.521.